The Kier molecular flexibility index (Phi) is 5.50. The summed E-state index contributed by atoms with van der Waals surface area (Å²) in [4.78, 5) is 11.0. The van der Waals surface area contributed by atoms with Crippen LogP contribution in [0.5, 0.6) is 5.75 Å². The number of para-hydroxylation sites is 1. The maximum atomic E-state index is 11.0. The van der Waals surface area contributed by atoms with Gasteiger partial charge in [-0.05, 0) is 30.3 Å². The molecule has 0 bridgehead atoms. The number of hydrogen-bond donors (Lipinski definition) is 1. The number of amides is 1. The van der Waals surface area contributed by atoms with Crippen LogP contribution < -0.4 is 10.2 Å². The summed E-state index contributed by atoms with van der Waals surface area (Å²) in [5.41, 5.74) is 4.48. The first-order valence-corrected chi connectivity index (χ1v) is 8.68. The van der Waals surface area contributed by atoms with Crippen LogP contribution >= 0.6 is 15.9 Å². The zero-order chi connectivity index (χ0) is 17.6. The Labute approximate surface area is 154 Å². The van der Waals surface area contributed by atoms with Crippen LogP contribution in [0.4, 0.5) is 0 Å². The number of fused-ring (bicyclic) bond motifs is 1. The Morgan fingerprint density at radius 2 is 2.00 bits per heavy atom. The molecule has 6 heteroatoms. The second kappa shape index (κ2) is 7.98. The van der Waals surface area contributed by atoms with Crippen LogP contribution in [-0.4, -0.2) is 23.3 Å². The van der Waals surface area contributed by atoms with Gasteiger partial charge in [0.2, 0.25) is 5.91 Å². The van der Waals surface area contributed by atoms with E-state index in [1.807, 2.05) is 48.7 Å². The molecular formula is C19H18BrN3O2. The van der Waals surface area contributed by atoms with E-state index < -0.39 is 0 Å². The predicted octanol–water partition coefficient (Wildman–Crippen LogP) is 3.95. The van der Waals surface area contributed by atoms with Crippen LogP contribution in [0.2, 0.25) is 0 Å². The minimum atomic E-state index is -0.192. The lowest BCUT2D eigenvalue weighted by Crippen LogP contribution is -2.12. The lowest BCUT2D eigenvalue weighted by Gasteiger charge is -2.08. The molecule has 0 unspecified atom stereocenters. The Morgan fingerprint density at radius 3 is 2.76 bits per heavy atom. The third kappa shape index (κ3) is 4.48. The van der Waals surface area contributed by atoms with Gasteiger partial charge in [0.25, 0.3) is 0 Å². The second-order valence-corrected chi connectivity index (χ2v) is 6.44. The van der Waals surface area contributed by atoms with Crippen LogP contribution in [0.3, 0.4) is 0 Å². The van der Waals surface area contributed by atoms with Gasteiger partial charge >= 0.3 is 0 Å². The number of benzene rings is 2. The van der Waals surface area contributed by atoms with Gasteiger partial charge < -0.3 is 9.30 Å². The number of nitrogens with zero attached hydrogens (tertiary/aromatic N) is 2. The highest BCUT2D eigenvalue weighted by atomic mass is 79.9. The van der Waals surface area contributed by atoms with E-state index in [0.717, 1.165) is 26.7 Å². The first-order valence-electron chi connectivity index (χ1n) is 7.89. The lowest BCUT2D eigenvalue weighted by molar-refractivity contribution is -0.118. The summed E-state index contributed by atoms with van der Waals surface area (Å²) in [6.45, 7) is 2.70. The van der Waals surface area contributed by atoms with Crippen molar-refractivity contribution >= 4 is 39.0 Å². The normalized spacial score (nSPS) is 11.1. The van der Waals surface area contributed by atoms with Gasteiger partial charge in [-0.1, -0.05) is 34.1 Å². The van der Waals surface area contributed by atoms with E-state index in [2.05, 4.69) is 37.1 Å². The topological polar surface area (TPSA) is 55.6 Å². The van der Waals surface area contributed by atoms with Crippen molar-refractivity contribution in [1.82, 2.24) is 9.99 Å². The number of hydrogen-bond acceptors (Lipinski definition) is 3. The van der Waals surface area contributed by atoms with Crippen molar-refractivity contribution in [2.24, 2.45) is 5.10 Å². The average Bonchev–Trinajstić information content (AvgIpc) is 2.95. The van der Waals surface area contributed by atoms with Crippen molar-refractivity contribution in [3.8, 4) is 5.75 Å². The maximum absolute atomic E-state index is 11.0. The molecule has 0 aliphatic rings. The summed E-state index contributed by atoms with van der Waals surface area (Å²) in [5.74, 6) is 0.648. The van der Waals surface area contributed by atoms with Crippen molar-refractivity contribution in [3.63, 3.8) is 0 Å². The summed E-state index contributed by atoms with van der Waals surface area (Å²) in [7, 11) is 0. The van der Waals surface area contributed by atoms with Gasteiger partial charge in [-0.25, -0.2) is 5.43 Å². The van der Waals surface area contributed by atoms with E-state index in [9.17, 15) is 4.79 Å². The van der Waals surface area contributed by atoms with Crippen molar-refractivity contribution in [3.05, 3.63) is 64.8 Å². The molecule has 0 saturated carbocycles. The highest BCUT2D eigenvalue weighted by Gasteiger charge is 2.06. The predicted molar refractivity (Wildman–Crippen MR) is 103 cm³/mol. The van der Waals surface area contributed by atoms with Crippen molar-refractivity contribution < 1.29 is 9.53 Å². The summed E-state index contributed by atoms with van der Waals surface area (Å²) in [5, 5.41) is 5.05. The van der Waals surface area contributed by atoms with Gasteiger partial charge in [0.15, 0.2) is 0 Å². The highest BCUT2D eigenvalue weighted by molar-refractivity contribution is 9.10. The van der Waals surface area contributed by atoms with E-state index >= 15 is 0 Å². The minimum absolute atomic E-state index is 0.192. The highest BCUT2D eigenvalue weighted by Crippen LogP contribution is 2.20. The number of carbonyl (C=O) groups is 1. The van der Waals surface area contributed by atoms with Crippen LogP contribution in [-0.2, 0) is 11.3 Å². The largest absolute Gasteiger partial charge is 0.492 e. The first kappa shape index (κ1) is 17.2. The zero-order valence-electron chi connectivity index (χ0n) is 13.8. The van der Waals surface area contributed by atoms with E-state index in [1.54, 1.807) is 6.21 Å². The Hall–Kier alpha value is -2.60. The SMILES string of the molecule is CC(=O)N/N=C\c1cn(CCOc2ccc(Br)cc2)c2ccccc12. The molecule has 25 heavy (non-hydrogen) atoms. The molecule has 1 N–H and O–H groups in total. The second-order valence-electron chi connectivity index (χ2n) is 5.52. The Bertz CT molecular complexity index is 901. The van der Waals surface area contributed by atoms with Gasteiger partial charge in [-0.2, -0.15) is 5.10 Å². The summed E-state index contributed by atoms with van der Waals surface area (Å²) < 4.78 is 8.96. The lowest BCUT2D eigenvalue weighted by atomic mass is 10.2. The fourth-order valence-corrected chi connectivity index (χ4v) is 2.81. The molecule has 3 aromatic rings. The fraction of sp³-hybridized carbons (Fsp3) is 0.158. The maximum Gasteiger partial charge on any atom is 0.236 e. The molecule has 0 aliphatic heterocycles. The minimum Gasteiger partial charge on any atom is -0.492 e. The van der Waals surface area contributed by atoms with E-state index in [4.69, 9.17) is 4.74 Å². The van der Waals surface area contributed by atoms with Gasteiger partial charge in [-0.15, -0.1) is 0 Å². The number of aromatic nitrogens is 1. The van der Waals surface area contributed by atoms with Gasteiger partial charge in [0.1, 0.15) is 12.4 Å². The molecule has 2 aromatic carbocycles. The number of nitrogens with one attached hydrogen (secondary N) is 1. The summed E-state index contributed by atoms with van der Waals surface area (Å²) in [6.07, 6.45) is 3.68. The number of hydrazone groups is 1. The average molecular weight is 400 g/mol. The van der Waals surface area contributed by atoms with Crippen LogP contribution in [0.25, 0.3) is 10.9 Å². The molecule has 0 saturated heterocycles. The molecule has 0 atom stereocenters. The van der Waals surface area contributed by atoms with Crippen molar-refractivity contribution in [1.29, 1.82) is 0 Å². The third-order valence-corrected chi connectivity index (χ3v) is 4.19. The molecule has 3 rings (SSSR count). The molecule has 1 aromatic heterocycles. The molecule has 0 aliphatic carbocycles. The Balaban J connectivity index is 1.73. The fourth-order valence-electron chi connectivity index (χ4n) is 2.55. The number of carbonyl (C=O) groups excluding carboxylic acids is 1. The van der Waals surface area contributed by atoms with Gasteiger partial charge in [0, 0.05) is 34.1 Å². The molecule has 5 nitrogen and oxygen atoms in total. The standard InChI is InChI=1S/C19H18BrN3O2/c1-14(24)22-21-12-15-13-23(19-5-3-2-4-18(15)19)10-11-25-17-8-6-16(20)7-9-17/h2-9,12-13H,10-11H2,1H3,(H,22,24)/b21-12-. The first-order chi connectivity index (χ1) is 12.1. The van der Waals surface area contributed by atoms with Crippen molar-refractivity contribution in [2.75, 3.05) is 6.61 Å². The van der Waals surface area contributed by atoms with Crippen LogP contribution in [0.1, 0.15) is 12.5 Å². The molecule has 128 valence electrons. The van der Waals surface area contributed by atoms with E-state index in [-0.39, 0.29) is 5.91 Å². The molecule has 1 amide bonds. The molecule has 0 radical (unpaired) electrons. The number of rotatable bonds is 6. The molecule has 1 heterocycles. The van der Waals surface area contributed by atoms with Crippen LogP contribution in [0, 0.1) is 0 Å². The molecule has 0 fully saturated rings. The molecular weight excluding hydrogens is 382 g/mol. The van der Waals surface area contributed by atoms with Crippen molar-refractivity contribution in [2.45, 2.75) is 13.5 Å². The molecule has 0 spiro atoms. The summed E-state index contributed by atoms with van der Waals surface area (Å²) in [6, 6.07) is 15.9. The van der Waals surface area contributed by atoms with Gasteiger partial charge in [-0.3, -0.25) is 4.79 Å². The van der Waals surface area contributed by atoms with Gasteiger partial charge in [0.05, 0.1) is 12.8 Å². The smallest absolute Gasteiger partial charge is 0.236 e. The third-order valence-electron chi connectivity index (χ3n) is 3.66. The summed E-state index contributed by atoms with van der Waals surface area (Å²) >= 11 is 3.41. The van der Waals surface area contributed by atoms with E-state index in [0.29, 0.717) is 13.2 Å². The number of halogens is 1. The Morgan fingerprint density at radius 1 is 1.24 bits per heavy atom. The zero-order valence-corrected chi connectivity index (χ0v) is 15.4. The van der Waals surface area contributed by atoms with Crippen LogP contribution in [0.15, 0.2) is 64.3 Å². The van der Waals surface area contributed by atoms with E-state index in [1.165, 1.54) is 6.92 Å². The quantitative estimate of drug-likeness (QED) is 0.503. The number of ether oxygens (including phenoxy) is 1. The monoisotopic (exact) mass is 399 g/mol.